The molecule has 2 aromatic rings. The molecule has 0 saturated carbocycles. The number of aromatic nitrogens is 1. The first-order valence-corrected chi connectivity index (χ1v) is 6.86. The summed E-state index contributed by atoms with van der Waals surface area (Å²) in [4.78, 5) is 4.68. The summed E-state index contributed by atoms with van der Waals surface area (Å²) < 4.78 is 5.57. The van der Waals surface area contributed by atoms with E-state index in [4.69, 9.17) is 4.74 Å². The number of aliphatic hydroxyl groups is 1. The van der Waals surface area contributed by atoms with Crippen LogP contribution in [0.25, 0.3) is 0 Å². The Balaban J connectivity index is 2.13. The lowest BCUT2D eigenvalue weighted by atomic mass is 9.72. The van der Waals surface area contributed by atoms with Crippen LogP contribution in [0.1, 0.15) is 23.0 Å². The van der Waals surface area contributed by atoms with Crippen LogP contribution in [-0.4, -0.2) is 16.7 Å². The van der Waals surface area contributed by atoms with Crippen LogP contribution >= 0.6 is 11.3 Å². The minimum Gasteiger partial charge on any atom is -0.493 e. The summed E-state index contributed by atoms with van der Waals surface area (Å²) in [6.45, 7) is 0.431. The molecule has 2 heterocycles. The fourth-order valence-corrected chi connectivity index (χ4v) is 3.18. The molecule has 0 radical (unpaired) electrons. The highest BCUT2D eigenvalue weighted by Gasteiger charge is 2.45. The molecule has 0 saturated heterocycles. The fraction of sp³-hybridized carbons (Fsp3) is 0.286. The standard InChI is InChI=1S/C14H12N2O2S/c15-8-14(13(17)12-7-16-9-19-12)5-6-18-11-4-2-1-3-10(11)14/h1-4,7,9,13,17H,5-6H2. The van der Waals surface area contributed by atoms with Gasteiger partial charge in [0, 0.05) is 18.2 Å². The molecule has 0 bridgehead atoms. The molecule has 1 N–H and O–H groups in total. The van der Waals surface area contributed by atoms with Crippen LogP contribution in [0.2, 0.25) is 0 Å². The van der Waals surface area contributed by atoms with E-state index in [0.717, 1.165) is 5.56 Å². The van der Waals surface area contributed by atoms with E-state index < -0.39 is 11.5 Å². The number of hydrogen-bond donors (Lipinski definition) is 1. The van der Waals surface area contributed by atoms with E-state index in [0.29, 0.717) is 23.7 Å². The van der Waals surface area contributed by atoms with E-state index in [-0.39, 0.29) is 0 Å². The number of fused-ring (bicyclic) bond motifs is 1. The quantitative estimate of drug-likeness (QED) is 0.911. The van der Waals surface area contributed by atoms with Gasteiger partial charge in [0.1, 0.15) is 17.3 Å². The summed E-state index contributed by atoms with van der Waals surface area (Å²) in [7, 11) is 0. The second-order valence-electron chi connectivity index (χ2n) is 4.48. The Bertz CT molecular complexity index is 621. The van der Waals surface area contributed by atoms with Gasteiger partial charge in [-0.15, -0.1) is 11.3 Å². The average molecular weight is 272 g/mol. The minimum atomic E-state index is -0.957. The smallest absolute Gasteiger partial charge is 0.124 e. The van der Waals surface area contributed by atoms with Gasteiger partial charge in [0.15, 0.2) is 0 Å². The minimum absolute atomic E-state index is 0.431. The Hall–Kier alpha value is -1.90. The number of rotatable bonds is 2. The van der Waals surface area contributed by atoms with Crippen molar-refractivity contribution in [1.29, 1.82) is 5.26 Å². The van der Waals surface area contributed by atoms with E-state index in [1.54, 1.807) is 11.7 Å². The number of para-hydroxylation sites is 1. The van der Waals surface area contributed by atoms with E-state index >= 15 is 0 Å². The van der Waals surface area contributed by atoms with Gasteiger partial charge in [-0.3, -0.25) is 4.98 Å². The zero-order chi connectivity index (χ0) is 13.3. The van der Waals surface area contributed by atoms with E-state index in [1.165, 1.54) is 11.3 Å². The first-order valence-electron chi connectivity index (χ1n) is 5.98. The van der Waals surface area contributed by atoms with Crippen LogP contribution in [0.3, 0.4) is 0 Å². The van der Waals surface area contributed by atoms with Crippen molar-refractivity contribution >= 4 is 11.3 Å². The second-order valence-corrected chi connectivity index (χ2v) is 5.40. The van der Waals surface area contributed by atoms with Gasteiger partial charge in [0.25, 0.3) is 0 Å². The maximum atomic E-state index is 10.6. The van der Waals surface area contributed by atoms with E-state index in [2.05, 4.69) is 11.1 Å². The van der Waals surface area contributed by atoms with Crippen LogP contribution in [0.5, 0.6) is 5.75 Å². The highest BCUT2D eigenvalue weighted by atomic mass is 32.1. The third-order valence-electron chi connectivity index (χ3n) is 3.51. The molecule has 2 unspecified atom stereocenters. The molecular formula is C14H12N2O2S. The van der Waals surface area contributed by atoms with Gasteiger partial charge >= 0.3 is 0 Å². The van der Waals surface area contributed by atoms with Crippen LogP contribution in [-0.2, 0) is 5.41 Å². The first-order chi connectivity index (χ1) is 9.28. The van der Waals surface area contributed by atoms with Crippen molar-refractivity contribution in [2.24, 2.45) is 0 Å². The molecule has 19 heavy (non-hydrogen) atoms. The summed E-state index contributed by atoms with van der Waals surface area (Å²) in [5.41, 5.74) is 1.46. The van der Waals surface area contributed by atoms with Crippen LogP contribution in [0.4, 0.5) is 0 Å². The number of thiazole rings is 1. The van der Waals surface area contributed by atoms with Gasteiger partial charge in [0.2, 0.25) is 0 Å². The molecule has 1 aromatic heterocycles. The Labute approximate surface area is 114 Å². The Morgan fingerprint density at radius 2 is 2.32 bits per heavy atom. The Morgan fingerprint density at radius 3 is 3.05 bits per heavy atom. The SMILES string of the molecule is N#CC1(C(O)c2cncs2)CCOc2ccccc21. The van der Waals surface area contributed by atoms with Crippen molar-refractivity contribution < 1.29 is 9.84 Å². The molecule has 0 fully saturated rings. The highest BCUT2D eigenvalue weighted by Crippen LogP contribution is 2.46. The van der Waals surface area contributed by atoms with Crippen molar-refractivity contribution in [1.82, 2.24) is 4.98 Å². The summed E-state index contributed by atoms with van der Waals surface area (Å²) in [6.07, 6.45) is 1.21. The molecule has 1 aliphatic rings. The lowest BCUT2D eigenvalue weighted by Gasteiger charge is -2.36. The molecule has 5 heteroatoms. The number of nitrogens with zero attached hydrogens (tertiary/aromatic N) is 2. The maximum Gasteiger partial charge on any atom is 0.124 e. The molecule has 2 atom stereocenters. The maximum absolute atomic E-state index is 10.6. The topological polar surface area (TPSA) is 66.1 Å². The normalized spacial score (nSPS) is 22.9. The van der Waals surface area contributed by atoms with Gasteiger partial charge in [-0.1, -0.05) is 18.2 Å². The summed E-state index contributed by atoms with van der Waals surface area (Å²) in [5, 5.41) is 20.3. The largest absolute Gasteiger partial charge is 0.493 e. The molecule has 1 aromatic carbocycles. The molecule has 0 aliphatic carbocycles. The predicted octanol–water partition coefficient (Wildman–Crippen LogP) is 2.42. The summed E-state index contributed by atoms with van der Waals surface area (Å²) in [5.74, 6) is 0.680. The van der Waals surface area contributed by atoms with Gasteiger partial charge in [-0.05, 0) is 6.07 Å². The zero-order valence-electron chi connectivity index (χ0n) is 10.1. The van der Waals surface area contributed by atoms with Crippen molar-refractivity contribution in [3.8, 4) is 11.8 Å². The fourth-order valence-electron chi connectivity index (χ4n) is 2.48. The average Bonchev–Trinajstić information content (AvgIpc) is 3.00. The highest BCUT2D eigenvalue weighted by molar-refractivity contribution is 7.09. The second kappa shape index (κ2) is 4.65. The van der Waals surface area contributed by atoms with Crippen LogP contribution in [0.15, 0.2) is 36.0 Å². The van der Waals surface area contributed by atoms with Gasteiger partial charge in [-0.25, -0.2) is 0 Å². The van der Waals surface area contributed by atoms with Crippen molar-refractivity contribution in [3.05, 3.63) is 46.4 Å². The van der Waals surface area contributed by atoms with Crippen LogP contribution < -0.4 is 4.74 Å². The van der Waals surface area contributed by atoms with Crippen molar-refractivity contribution in [3.63, 3.8) is 0 Å². The van der Waals surface area contributed by atoms with Gasteiger partial charge in [0.05, 0.1) is 23.1 Å². The van der Waals surface area contributed by atoms with E-state index in [9.17, 15) is 10.4 Å². The predicted molar refractivity (Wildman–Crippen MR) is 70.9 cm³/mol. The monoisotopic (exact) mass is 272 g/mol. The summed E-state index contributed by atoms with van der Waals surface area (Å²) >= 11 is 1.36. The lowest BCUT2D eigenvalue weighted by molar-refractivity contribution is 0.0833. The lowest BCUT2D eigenvalue weighted by Crippen LogP contribution is -2.37. The molecule has 3 rings (SSSR count). The van der Waals surface area contributed by atoms with Gasteiger partial charge < -0.3 is 9.84 Å². The first kappa shape index (κ1) is 12.2. The van der Waals surface area contributed by atoms with E-state index in [1.807, 2.05) is 24.3 Å². The zero-order valence-corrected chi connectivity index (χ0v) is 10.9. The third kappa shape index (κ3) is 1.81. The number of nitriles is 1. The molecule has 0 spiro atoms. The molecule has 0 amide bonds. The molecule has 96 valence electrons. The summed E-state index contributed by atoms with van der Waals surface area (Å²) in [6, 6.07) is 9.72. The number of benzene rings is 1. The van der Waals surface area contributed by atoms with Crippen molar-refractivity contribution in [2.75, 3.05) is 6.61 Å². The molecule has 4 nitrogen and oxygen atoms in total. The van der Waals surface area contributed by atoms with Gasteiger partial charge in [-0.2, -0.15) is 5.26 Å². The molecule has 1 aliphatic heterocycles. The number of ether oxygens (including phenoxy) is 1. The van der Waals surface area contributed by atoms with Crippen LogP contribution in [0, 0.1) is 11.3 Å². The van der Waals surface area contributed by atoms with Crippen molar-refractivity contribution in [2.45, 2.75) is 17.9 Å². The molecular weight excluding hydrogens is 260 g/mol. The Morgan fingerprint density at radius 1 is 1.47 bits per heavy atom. The number of aliphatic hydroxyl groups excluding tert-OH is 1. The number of hydrogen-bond acceptors (Lipinski definition) is 5. The third-order valence-corrected chi connectivity index (χ3v) is 4.34. The Kier molecular flexibility index (Phi) is 2.97.